The third kappa shape index (κ3) is 0.603. The maximum absolute atomic E-state index is 5.92. The van der Waals surface area contributed by atoms with Crippen LogP contribution in [0.4, 0.5) is 0 Å². The van der Waals surface area contributed by atoms with E-state index in [4.69, 9.17) is 5.73 Å². The van der Waals surface area contributed by atoms with E-state index in [-0.39, 0.29) is 0 Å². The SMILES string of the molecule is CN1CC2(C1)CN(C)C2N. The second-order valence-electron chi connectivity index (χ2n) is 3.89. The molecule has 0 radical (unpaired) electrons. The normalized spacial score (nSPS) is 39.3. The number of hydrogen-bond acceptors (Lipinski definition) is 3. The van der Waals surface area contributed by atoms with Gasteiger partial charge in [-0.3, -0.25) is 4.90 Å². The van der Waals surface area contributed by atoms with Crippen molar-refractivity contribution in [3.63, 3.8) is 0 Å². The molecular formula is C7H15N3. The number of nitrogens with zero attached hydrogens (tertiary/aromatic N) is 2. The van der Waals surface area contributed by atoms with Gasteiger partial charge in [0.2, 0.25) is 0 Å². The Bertz CT molecular complexity index is 145. The average molecular weight is 141 g/mol. The van der Waals surface area contributed by atoms with Gasteiger partial charge in [-0.1, -0.05) is 0 Å². The van der Waals surface area contributed by atoms with Gasteiger partial charge in [0, 0.05) is 25.0 Å². The van der Waals surface area contributed by atoms with Crippen LogP contribution in [-0.2, 0) is 0 Å². The molecule has 2 N–H and O–H groups in total. The molecule has 3 heteroatoms. The first-order valence-corrected chi connectivity index (χ1v) is 3.78. The van der Waals surface area contributed by atoms with E-state index in [1.807, 2.05) is 0 Å². The zero-order valence-corrected chi connectivity index (χ0v) is 6.67. The van der Waals surface area contributed by atoms with Crippen LogP contribution in [0.2, 0.25) is 0 Å². The van der Waals surface area contributed by atoms with E-state index in [0.717, 1.165) is 0 Å². The molecule has 2 heterocycles. The molecule has 0 aromatic carbocycles. The molecule has 1 unspecified atom stereocenters. The standard InChI is InChI=1S/C7H15N3/c1-9-3-7(4-9)5-10(2)6(7)8/h6H,3-5,8H2,1-2H3. The molecule has 2 aliphatic rings. The van der Waals surface area contributed by atoms with Crippen molar-refractivity contribution in [1.29, 1.82) is 0 Å². The summed E-state index contributed by atoms with van der Waals surface area (Å²) in [6.45, 7) is 3.58. The summed E-state index contributed by atoms with van der Waals surface area (Å²) >= 11 is 0. The van der Waals surface area contributed by atoms with Crippen molar-refractivity contribution in [3.8, 4) is 0 Å². The zero-order chi connectivity index (χ0) is 7.35. The lowest BCUT2D eigenvalue weighted by Crippen LogP contribution is -2.78. The first-order valence-electron chi connectivity index (χ1n) is 3.78. The van der Waals surface area contributed by atoms with Gasteiger partial charge in [0.15, 0.2) is 0 Å². The molecule has 10 heavy (non-hydrogen) atoms. The number of likely N-dealkylation sites (tertiary alicyclic amines) is 2. The lowest BCUT2D eigenvalue weighted by atomic mass is 9.70. The average Bonchev–Trinajstić information content (AvgIpc) is 1.84. The van der Waals surface area contributed by atoms with Gasteiger partial charge in [0.1, 0.15) is 0 Å². The minimum absolute atomic E-state index is 0.323. The molecule has 2 fully saturated rings. The molecule has 0 aromatic heterocycles. The van der Waals surface area contributed by atoms with Crippen LogP contribution in [-0.4, -0.2) is 49.7 Å². The third-order valence-corrected chi connectivity index (χ3v) is 2.84. The van der Waals surface area contributed by atoms with Crippen molar-refractivity contribution >= 4 is 0 Å². The molecule has 58 valence electrons. The van der Waals surface area contributed by atoms with Gasteiger partial charge in [-0.15, -0.1) is 0 Å². The first-order chi connectivity index (χ1) is 4.64. The Morgan fingerprint density at radius 2 is 1.90 bits per heavy atom. The minimum Gasteiger partial charge on any atom is -0.315 e. The third-order valence-electron chi connectivity index (χ3n) is 2.84. The van der Waals surface area contributed by atoms with Crippen LogP contribution >= 0.6 is 0 Å². The van der Waals surface area contributed by atoms with Gasteiger partial charge in [-0.2, -0.15) is 0 Å². The highest BCUT2D eigenvalue weighted by Crippen LogP contribution is 2.40. The summed E-state index contributed by atoms with van der Waals surface area (Å²) in [6, 6.07) is 0. The van der Waals surface area contributed by atoms with E-state index < -0.39 is 0 Å². The van der Waals surface area contributed by atoms with E-state index in [1.54, 1.807) is 0 Å². The highest BCUT2D eigenvalue weighted by Gasteiger charge is 2.55. The van der Waals surface area contributed by atoms with Crippen LogP contribution < -0.4 is 5.73 Å². The molecule has 1 spiro atoms. The van der Waals surface area contributed by atoms with E-state index in [9.17, 15) is 0 Å². The second kappa shape index (κ2) is 1.72. The molecular weight excluding hydrogens is 126 g/mol. The maximum atomic E-state index is 5.92. The minimum atomic E-state index is 0.323. The molecule has 1 atom stereocenters. The summed E-state index contributed by atoms with van der Waals surface area (Å²) in [7, 11) is 4.24. The van der Waals surface area contributed by atoms with Crippen LogP contribution in [0.3, 0.4) is 0 Å². The van der Waals surface area contributed by atoms with Crippen molar-refractivity contribution in [2.45, 2.75) is 6.17 Å². The van der Waals surface area contributed by atoms with E-state index >= 15 is 0 Å². The lowest BCUT2D eigenvalue weighted by Gasteiger charge is -2.63. The Kier molecular flexibility index (Phi) is 1.14. The fraction of sp³-hybridized carbons (Fsp3) is 1.00. The highest BCUT2D eigenvalue weighted by atomic mass is 15.4. The van der Waals surface area contributed by atoms with Crippen molar-refractivity contribution in [2.24, 2.45) is 11.1 Å². The molecule has 0 aromatic rings. The van der Waals surface area contributed by atoms with Crippen molar-refractivity contribution < 1.29 is 0 Å². The van der Waals surface area contributed by atoms with E-state index in [2.05, 4.69) is 23.9 Å². The van der Waals surface area contributed by atoms with E-state index in [0.29, 0.717) is 11.6 Å². The van der Waals surface area contributed by atoms with Crippen LogP contribution in [0.25, 0.3) is 0 Å². The second-order valence-corrected chi connectivity index (χ2v) is 3.89. The van der Waals surface area contributed by atoms with Gasteiger partial charge >= 0.3 is 0 Å². The molecule has 2 saturated heterocycles. The van der Waals surface area contributed by atoms with Gasteiger partial charge < -0.3 is 10.6 Å². The quantitative estimate of drug-likeness (QED) is 0.477. The fourth-order valence-electron chi connectivity index (χ4n) is 2.36. The molecule has 2 aliphatic heterocycles. The monoisotopic (exact) mass is 141 g/mol. The van der Waals surface area contributed by atoms with Gasteiger partial charge in [-0.05, 0) is 14.1 Å². The van der Waals surface area contributed by atoms with Crippen LogP contribution in [0.15, 0.2) is 0 Å². The van der Waals surface area contributed by atoms with Crippen molar-refractivity contribution in [1.82, 2.24) is 9.80 Å². The molecule has 0 saturated carbocycles. The molecule has 0 aliphatic carbocycles. The summed E-state index contributed by atoms with van der Waals surface area (Å²) in [4.78, 5) is 4.54. The Labute approximate surface area is 61.8 Å². The van der Waals surface area contributed by atoms with Gasteiger partial charge in [-0.25, -0.2) is 0 Å². The zero-order valence-electron chi connectivity index (χ0n) is 6.67. The molecule has 3 nitrogen and oxygen atoms in total. The Balaban J connectivity index is 1.97. The Morgan fingerprint density at radius 3 is 2.20 bits per heavy atom. The van der Waals surface area contributed by atoms with Crippen LogP contribution in [0, 0.1) is 5.41 Å². The number of hydrogen-bond donors (Lipinski definition) is 1. The van der Waals surface area contributed by atoms with Gasteiger partial charge in [0.05, 0.1) is 6.17 Å². The van der Waals surface area contributed by atoms with Crippen LogP contribution in [0.5, 0.6) is 0 Å². The predicted octanol–water partition coefficient (Wildman–Crippen LogP) is -0.852. The number of nitrogens with two attached hydrogens (primary N) is 1. The summed E-state index contributed by atoms with van der Waals surface area (Å²) in [6.07, 6.45) is 0.323. The largest absolute Gasteiger partial charge is 0.315 e. The smallest absolute Gasteiger partial charge is 0.0664 e. The Morgan fingerprint density at radius 1 is 1.30 bits per heavy atom. The van der Waals surface area contributed by atoms with Crippen LogP contribution in [0.1, 0.15) is 0 Å². The molecule has 0 bridgehead atoms. The first kappa shape index (κ1) is 6.58. The highest BCUT2D eigenvalue weighted by molar-refractivity contribution is 5.08. The Hall–Kier alpha value is -0.120. The topological polar surface area (TPSA) is 32.5 Å². The fourth-order valence-corrected chi connectivity index (χ4v) is 2.36. The van der Waals surface area contributed by atoms with E-state index in [1.165, 1.54) is 19.6 Å². The molecule has 2 rings (SSSR count). The molecule has 0 amide bonds. The summed E-state index contributed by atoms with van der Waals surface area (Å²) in [5.41, 5.74) is 6.40. The van der Waals surface area contributed by atoms with Crippen molar-refractivity contribution in [2.75, 3.05) is 33.7 Å². The summed E-state index contributed by atoms with van der Waals surface area (Å²) < 4.78 is 0. The lowest BCUT2D eigenvalue weighted by molar-refractivity contribution is -0.144. The maximum Gasteiger partial charge on any atom is 0.0664 e. The number of rotatable bonds is 0. The summed E-state index contributed by atoms with van der Waals surface area (Å²) in [5, 5.41) is 0. The van der Waals surface area contributed by atoms with Gasteiger partial charge in [0.25, 0.3) is 0 Å². The van der Waals surface area contributed by atoms with Crippen molar-refractivity contribution in [3.05, 3.63) is 0 Å². The predicted molar refractivity (Wildman–Crippen MR) is 40.5 cm³/mol. The summed E-state index contributed by atoms with van der Waals surface area (Å²) in [5.74, 6) is 0.